The van der Waals surface area contributed by atoms with E-state index in [1.54, 1.807) is 0 Å². The van der Waals surface area contributed by atoms with Gasteiger partial charge in [0.15, 0.2) is 0 Å². The molecule has 0 aliphatic rings. The summed E-state index contributed by atoms with van der Waals surface area (Å²) >= 11 is 0. The molecule has 3 aromatic heterocycles. The molecule has 4 nitrogen and oxygen atoms in total. The summed E-state index contributed by atoms with van der Waals surface area (Å²) in [5, 5.41) is 3.44. The molecule has 0 saturated carbocycles. The maximum atomic E-state index is 4.56. The SMILES string of the molecule is Cc1cccc(CNCc2c(C)nc3ccccn23)n1. The number of nitrogens with one attached hydrogen (secondary N) is 1. The zero-order chi connectivity index (χ0) is 13.9. The second-order valence-corrected chi connectivity index (χ2v) is 4.95. The molecular formula is C16H18N4. The average Bonchev–Trinajstić information content (AvgIpc) is 2.75. The monoisotopic (exact) mass is 266 g/mol. The number of imidazole rings is 1. The van der Waals surface area contributed by atoms with Crippen molar-refractivity contribution in [2.45, 2.75) is 26.9 Å². The van der Waals surface area contributed by atoms with Gasteiger partial charge in [0.05, 0.1) is 17.1 Å². The molecule has 0 unspecified atom stereocenters. The molecule has 0 spiro atoms. The molecule has 0 atom stereocenters. The summed E-state index contributed by atoms with van der Waals surface area (Å²) in [6.07, 6.45) is 2.05. The molecule has 102 valence electrons. The number of pyridine rings is 2. The highest BCUT2D eigenvalue weighted by atomic mass is 15.0. The molecule has 0 radical (unpaired) electrons. The van der Waals surface area contributed by atoms with Crippen molar-refractivity contribution < 1.29 is 0 Å². The Morgan fingerprint density at radius 3 is 2.75 bits per heavy atom. The van der Waals surface area contributed by atoms with E-state index in [4.69, 9.17) is 0 Å². The van der Waals surface area contributed by atoms with E-state index in [2.05, 4.69) is 32.8 Å². The smallest absolute Gasteiger partial charge is 0.137 e. The Morgan fingerprint density at radius 1 is 1.00 bits per heavy atom. The van der Waals surface area contributed by atoms with Gasteiger partial charge in [0.1, 0.15) is 5.65 Å². The Morgan fingerprint density at radius 2 is 1.90 bits per heavy atom. The van der Waals surface area contributed by atoms with E-state index >= 15 is 0 Å². The highest BCUT2D eigenvalue weighted by Gasteiger charge is 2.07. The van der Waals surface area contributed by atoms with Crippen molar-refractivity contribution >= 4 is 5.65 Å². The van der Waals surface area contributed by atoms with E-state index in [1.807, 2.05) is 43.3 Å². The van der Waals surface area contributed by atoms with Crippen molar-refractivity contribution in [2.75, 3.05) is 0 Å². The van der Waals surface area contributed by atoms with Crippen molar-refractivity contribution in [2.24, 2.45) is 0 Å². The second kappa shape index (κ2) is 5.43. The van der Waals surface area contributed by atoms with Crippen LogP contribution < -0.4 is 5.32 Å². The molecule has 0 saturated heterocycles. The minimum atomic E-state index is 0.765. The maximum absolute atomic E-state index is 4.56. The summed E-state index contributed by atoms with van der Waals surface area (Å²) < 4.78 is 2.13. The molecule has 0 bridgehead atoms. The van der Waals surface area contributed by atoms with Gasteiger partial charge in [-0.2, -0.15) is 0 Å². The molecule has 3 aromatic rings. The van der Waals surface area contributed by atoms with E-state index in [0.717, 1.165) is 35.8 Å². The fourth-order valence-electron chi connectivity index (χ4n) is 2.38. The lowest BCUT2D eigenvalue weighted by Gasteiger charge is -2.06. The molecule has 0 fully saturated rings. The van der Waals surface area contributed by atoms with Gasteiger partial charge in [-0.1, -0.05) is 12.1 Å². The molecular weight excluding hydrogens is 248 g/mol. The van der Waals surface area contributed by atoms with Crippen LogP contribution >= 0.6 is 0 Å². The zero-order valence-electron chi connectivity index (χ0n) is 11.8. The third-order valence-corrected chi connectivity index (χ3v) is 3.37. The largest absolute Gasteiger partial charge is 0.305 e. The summed E-state index contributed by atoms with van der Waals surface area (Å²) in [6.45, 7) is 5.61. The number of fused-ring (bicyclic) bond motifs is 1. The number of nitrogens with zero attached hydrogens (tertiary/aromatic N) is 3. The molecule has 0 amide bonds. The van der Waals surface area contributed by atoms with Gasteiger partial charge in [0, 0.05) is 25.0 Å². The van der Waals surface area contributed by atoms with Gasteiger partial charge in [-0.3, -0.25) is 4.98 Å². The number of aromatic nitrogens is 3. The molecule has 0 aromatic carbocycles. The third-order valence-electron chi connectivity index (χ3n) is 3.37. The van der Waals surface area contributed by atoms with Gasteiger partial charge in [-0.15, -0.1) is 0 Å². The van der Waals surface area contributed by atoms with Crippen LogP contribution in [0.2, 0.25) is 0 Å². The van der Waals surface area contributed by atoms with Crippen LogP contribution in [-0.2, 0) is 13.1 Å². The van der Waals surface area contributed by atoms with Crippen LogP contribution in [-0.4, -0.2) is 14.4 Å². The number of aryl methyl sites for hydroxylation is 2. The first-order valence-electron chi connectivity index (χ1n) is 6.80. The summed E-state index contributed by atoms with van der Waals surface area (Å²) in [5.41, 5.74) is 5.39. The molecule has 1 N–H and O–H groups in total. The van der Waals surface area contributed by atoms with Gasteiger partial charge in [0.2, 0.25) is 0 Å². The van der Waals surface area contributed by atoms with Gasteiger partial charge in [-0.25, -0.2) is 4.98 Å². The predicted octanol–water partition coefficient (Wildman–Crippen LogP) is 2.64. The lowest BCUT2D eigenvalue weighted by atomic mass is 10.3. The van der Waals surface area contributed by atoms with Crippen molar-refractivity contribution in [1.29, 1.82) is 0 Å². The van der Waals surface area contributed by atoms with E-state index in [1.165, 1.54) is 5.69 Å². The molecule has 3 heterocycles. The molecule has 4 heteroatoms. The fourth-order valence-corrected chi connectivity index (χ4v) is 2.38. The summed E-state index contributed by atoms with van der Waals surface area (Å²) in [4.78, 5) is 9.05. The van der Waals surface area contributed by atoms with E-state index < -0.39 is 0 Å². The lowest BCUT2D eigenvalue weighted by Crippen LogP contribution is -2.15. The Kier molecular flexibility index (Phi) is 3.48. The average molecular weight is 266 g/mol. The first-order valence-corrected chi connectivity index (χ1v) is 6.80. The topological polar surface area (TPSA) is 42.2 Å². The predicted molar refractivity (Wildman–Crippen MR) is 79.4 cm³/mol. The molecule has 0 aliphatic heterocycles. The van der Waals surface area contributed by atoms with Crippen LogP contribution in [0.15, 0.2) is 42.6 Å². The summed E-state index contributed by atoms with van der Waals surface area (Å²) in [6, 6.07) is 12.2. The van der Waals surface area contributed by atoms with Crippen LogP contribution in [0.1, 0.15) is 22.8 Å². The quantitative estimate of drug-likeness (QED) is 0.789. The zero-order valence-corrected chi connectivity index (χ0v) is 11.8. The maximum Gasteiger partial charge on any atom is 0.137 e. The van der Waals surface area contributed by atoms with Gasteiger partial charge < -0.3 is 9.72 Å². The highest BCUT2D eigenvalue weighted by molar-refractivity contribution is 5.42. The van der Waals surface area contributed by atoms with Gasteiger partial charge >= 0.3 is 0 Å². The Labute approximate surface area is 118 Å². The fraction of sp³-hybridized carbons (Fsp3) is 0.250. The standard InChI is InChI=1S/C16H18N4/c1-12-6-5-7-14(18-12)10-17-11-15-13(2)19-16-8-3-4-9-20(15)16/h3-9,17H,10-11H2,1-2H3. The van der Waals surface area contributed by atoms with Crippen LogP contribution in [0.4, 0.5) is 0 Å². The lowest BCUT2D eigenvalue weighted by molar-refractivity contribution is 0.659. The minimum Gasteiger partial charge on any atom is -0.305 e. The van der Waals surface area contributed by atoms with Gasteiger partial charge in [0.25, 0.3) is 0 Å². The van der Waals surface area contributed by atoms with Gasteiger partial charge in [-0.05, 0) is 38.1 Å². The second-order valence-electron chi connectivity index (χ2n) is 4.95. The van der Waals surface area contributed by atoms with Crippen LogP contribution in [0, 0.1) is 13.8 Å². The van der Waals surface area contributed by atoms with E-state index in [-0.39, 0.29) is 0 Å². The first-order chi connectivity index (χ1) is 9.74. The van der Waals surface area contributed by atoms with Crippen LogP contribution in [0.25, 0.3) is 5.65 Å². The normalized spacial score (nSPS) is 11.1. The van der Waals surface area contributed by atoms with Crippen LogP contribution in [0.3, 0.4) is 0 Å². The van der Waals surface area contributed by atoms with Crippen molar-refractivity contribution in [3.63, 3.8) is 0 Å². The van der Waals surface area contributed by atoms with E-state index in [0.29, 0.717) is 0 Å². The number of hydrogen-bond donors (Lipinski definition) is 1. The van der Waals surface area contributed by atoms with Crippen LogP contribution in [0.5, 0.6) is 0 Å². The van der Waals surface area contributed by atoms with E-state index in [9.17, 15) is 0 Å². The van der Waals surface area contributed by atoms with Crippen molar-refractivity contribution in [3.8, 4) is 0 Å². The molecule has 20 heavy (non-hydrogen) atoms. The number of hydrogen-bond acceptors (Lipinski definition) is 3. The Hall–Kier alpha value is -2.20. The summed E-state index contributed by atoms with van der Waals surface area (Å²) in [5.74, 6) is 0. The third kappa shape index (κ3) is 2.56. The molecule has 3 rings (SSSR count). The Balaban J connectivity index is 1.73. The summed E-state index contributed by atoms with van der Waals surface area (Å²) in [7, 11) is 0. The van der Waals surface area contributed by atoms with Crippen molar-refractivity contribution in [3.05, 3.63) is 65.4 Å². The van der Waals surface area contributed by atoms with Crippen molar-refractivity contribution in [1.82, 2.24) is 19.7 Å². The first kappa shape index (κ1) is 12.8. The molecule has 0 aliphatic carbocycles. The highest BCUT2D eigenvalue weighted by Crippen LogP contribution is 2.11. The number of rotatable bonds is 4. The Bertz CT molecular complexity index is 730. The minimum absolute atomic E-state index is 0.765.